The molecule has 3 rings (SSSR count). The van der Waals surface area contributed by atoms with Crippen LogP contribution in [0.2, 0.25) is 0 Å². The number of hydrogen-bond acceptors (Lipinski definition) is 3. The summed E-state index contributed by atoms with van der Waals surface area (Å²) in [6, 6.07) is 15.2. The normalized spacial score (nSPS) is 21.0. The predicted octanol–water partition coefficient (Wildman–Crippen LogP) is 3.55. The van der Waals surface area contributed by atoms with E-state index < -0.39 is 0 Å². The van der Waals surface area contributed by atoms with Crippen LogP contribution in [-0.2, 0) is 0 Å². The molecule has 0 radical (unpaired) electrons. The van der Waals surface area contributed by atoms with Crippen molar-refractivity contribution in [3.05, 3.63) is 70.8 Å². The highest BCUT2D eigenvalue weighted by molar-refractivity contribution is 6.05. The highest BCUT2D eigenvalue weighted by Crippen LogP contribution is 2.29. The summed E-state index contributed by atoms with van der Waals surface area (Å²) in [7, 11) is 1.97. The first-order valence-corrected chi connectivity index (χ1v) is 8.36. The third-order valence-corrected chi connectivity index (χ3v) is 4.85. The Hall–Kier alpha value is -2.26. The van der Waals surface area contributed by atoms with E-state index in [0.717, 1.165) is 11.1 Å². The van der Waals surface area contributed by atoms with Gasteiger partial charge in [0.25, 0.3) is 0 Å². The van der Waals surface area contributed by atoms with Crippen LogP contribution in [0.25, 0.3) is 0 Å². The first kappa shape index (κ1) is 16.6. The molecule has 1 aliphatic heterocycles. The van der Waals surface area contributed by atoms with Gasteiger partial charge < -0.3 is 4.90 Å². The van der Waals surface area contributed by atoms with Crippen LogP contribution in [0.1, 0.15) is 31.8 Å². The number of Topliss-reactive ketones (excluding diaryl/α,β-unsaturated/α-hetero) is 2. The minimum absolute atomic E-state index is 0.0739. The summed E-state index contributed by atoms with van der Waals surface area (Å²) in [6.45, 7) is 5.27. The lowest BCUT2D eigenvalue weighted by molar-refractivity contribution is 0.0809. The van der Waals surface area contributed by atoms with Crippen LogP contribution in [0.4, 0.5) is 0 Å². The smallest absolute Gasteiger partial charge is 0.168 e. The fourth-order valence-corrected chi connectivity index (χ4v) is 3.40. The third kappa shape index (κ3) is 3.31. The molecule has 1 saturated heterocycles. The van der Waals surface area contributed by atoms with Crippen molar-refractivity contribution in [2.75, 3.05) is 20.1 Å². The number of hydrogen-bond donors (Lipinski definition) is 0. The zero-order chi connectivity index (χ0) is 17.3. The van der Waals surface area contributed by atoms with Gasteiger partial charge in [-0.15, -0.1) is 0 Å². The maximum atomic E-state index is 12.9. The summed E-state index contributed by atoms with van der Waals surface area (Å²) in [5, 5.41) is 0. The number of rotatable bonds is 4. The Morgan fingerprint density at radius 3 is 1.42 bits per heavy atom. The van der Waals surface area contributed by atoms with E-state index in [2.05, 4.69) is 4.90 Å². The molecule has 0 saturated carbocycles. The van der Waals surface area contributed by atoms with Gasteiger partial charge in [-0.1, -0.05) is 59.7 Å². The van der Waals surface area contributed by atoms with Gasteiger partial charge in [0.1, 0.15) is 0 Å². The molecule has 24 heavy (non-hydrogen) atoms. The molecular formula is C21H23NO2. The Balaban J connectivity index is 1.86. The lowest BCUT2D eigenvalue weighted by Crippen LogP contribution is -2.29. The molecule has 1 aliphatic rings. The molecule has 0 aliphatic carbocycles. The van der Waals surface area contributed by atoms with Gasteiger partial charge in [-0.3, -0.25) is 9.59 Å². The standard InChI is InChI=1S/C21H23NO2/c1-14-4-8-16(9-5-14)20(23)18-12-22(3)13-19(18)21(24)17-10-6-15(2)7-11-17/h4-11,18-19H,12-13H2,1-3H3/t18-,19+. The van der Waals surface area contributed by atoms with Gasteiger partial charge in [0.05, 0.1) is 0 Å². The quantitative estimate of drug-likeness (QED) is 0.808. The van der Waals surface area contributed by atoms with Crippen molar-refractivity contribution in [2.45, 2.75) is 13.8 Å². The van der Waals surface area contributed by atoms with Crippen molar-refractivity contribution in [2.24, 2.45) is 11.8 Å². The number of carbonyl (C=O) groups excluding carboxylic acids is 2. The second-order valence-electron chi connectivity index (χ2n) is 6.89. The molecule has 2 aromatic carbocycles. The second-order valence-corrected chi connectivity index (χ2v) is 6.89. The molecule has 0 N–H and O–H groups in total. The highest BCUT2D eigenvalue weighted by Gasteiger charge is 2.40. The second kappa shape index (κ2) is 6.70. The molecule has 0 unspecified atom stereocenters. The van der Waals surface area contributed by atoms with Gasteiger partial charge in [-0.25, -0.2) is 0 Å². The predicted molar refractivity (Wildman–Crippen MR) is 95.5 cm³/mol. The molecule has 2 atom stereocenters. The minimum atomic E-state index is -0.272. The molecule has 0 amide bonds. The largest absolute Gasteiger partial charge is 0.305 e. The van der Waals surface area contributed by atoms with Crippen molar-refractivity contribution >= 4 is 11.6 Å². The molecule has 1 heterocycles. The zero-order valence-electron chi connectivity index (χ0n) is 14.5. The van der Waals surface area contributed by atoms with E-state index in [9.17, 15) is 9.59 Å². The Morgan fingerprint density at radius 1 is 0.750 bits per heavy atom. The minimum Gasteiger partial charge on any atom is -0.305 e. The number of benzene rings is 2. The van der Waals surface area contributed by atoms with Gasteiger partial charge in [0.15, 0.2) is 11.6 Å². The molecule has 1 fully saturated rings. The Morgan fingerprint density at radius 2 is 1.08 bits per heavy atom. The summed E-state index contributed by atoms with van der Waals surface area (Å²) < 4.78 is 0. The van der Waals surface area contributed by atoms with Crippen molar-refractivity contribution < 1.29 is 9.59 Å². The van der Waals surface area contributed by atoms with E-state index >= 15 is 0 Å². The first-order valence-electron chi connectivity index (χ1n) is 8.36. The van der Waals surface area contributed by atoms with E-state index in [-0.39, 0.29) is 23.4 Å². The SMILES string of the molecule is Cc1ccc(C(=O)[C@H]2CN(C)C[C@H]2C(=O)c2ccc(C)cc2)cc1. The zero-order valence-corrected chi connectivity index (χ0v) is 14.5. The van der Waals surface area contributed by atoms with Crippen LogP contribution >= 0.6 is 0 Å². The van der Waals surface area contributed by atoms with Crippen LogP contribution in [0.5, 0.6) is 0 Å². The lowest BCUT2D eigenvalue weighted by Gasteiger charge is -2.17. The van der Waals surface area contributed by atoms with Crippen molar-refractivity contribution in [3.8, 4) is 0 Å². The fraction of sp³-hybridized carbons (Fsp3) is 0.333. The first-order chi connectivity index (χ1) is 11.5. The maximum Gasteiger partial charge on any atom is 0.168 e. The average Bonchev–Trinajstić information content (AvgIpc) is 2.97. The molecule has 0 bridgehead atoms. The van der Waals surface area contributed by atoms with Crippen LogP contribution in [0, 0.1) is 25.7 Å². The van der Waals surface area contributed by atoms with Crippen LogP contribution in [0.3, 0.4) is 0 Å². The molecule has 0 aromatic heterocycles. The Labute approximate surface area is 143 Å². The summed E-state index contributed by atoms with van der Waals surface area (Å²) in [6.07, 6.45) is 0. The summed E-state index contributed by atoms with van der Waals surface area (Å²) >= 11 is 0. The third-order valence-electron chi connectivity index (χ3n) is 4.85. The molecule has 124 valence electrons. The van der Waals surface area contributed by atoms with E-state index in [1.807, 2.05) is 69.4 Å². The topological polar surface area (TPSA) is 37.4 Å². The van der Waals surface area contributed by atoms with Crippen molar-refractivity contribution in [3.63, 3.8) is 0 Å². The molecule has 3 nitrogen and oxygen atoms in total. The van der Waals surface area contributed by atoms with Crippen LogP contribution in [0.15, 0.2) is 48.5 Å². The van der Waals surface area contributed by atoms with Crippen molar-refractivity contribution in [1.82, 2.24) is 4.90 Å². The van der Waals surface area contributed by atoms with Gasteiger partial charge in [0.2, 0.25) is 0 Å². The molecule has 0 spiro atoms. The number of ketones is 2. The van der Waals surface area contributed by atoms with Crippen LogP contribution in [-0.4, -0.2) is 36.6 Å². The average molecular weight is 321 g/mol. The van der Waals surface area contributed by atoms with E-state index in [0.29, 0.717) is 24.2 Å². The molecule has 3 heteroatoms. The van der Waals surface area contributed by atoms with E-state index in [1.54, 1.807) is 0 Å². The van der Waals surface area contributed by atoms with E-state index in [1.165, 1.54) is 0 Å². The summed E-state index contributed by atoms with van der Waals surface area (Å²) in [5.74, 6) is -0.396. The van der Waals surface area contributed by atoms with Crippen LogP contribution < -0.4 is 0 Å². The number of likely N-dealkylation sites (tertiary alicyclic amines) is 1. The van der Waals surface area contributed by atoms with Gasteiger partial charge in [-0.2, -0.15) is 0 Å². The highest BCUT2D eigenvalue weighted by atomic mass is 16.1. The molecule has 2 aromatic rings. The Bertz CT molecular complexity index is 681. The monoisotopic (exact) mass is 321 g/mol. The van der Waals surface area contributed by atoms with Crippen molar-refractivity contribution in [1.29, 1.82) is 0 Å². The molecular weight excluding hydrogens is 298 g/mol. The summed E-state index contributed by atoms with van der Waals surface area (Å²) in [4.78, 5) is 27.9. The number of carbonyl (C=O) groups is 2. The van der Waals surface area contributed by atoms with Gasteiger partial charge in [0, 0.05) is 36.1 Å². The fourth-order valence-electron chi connectivity index (χ4n) is 3.40. The Kier molecular flexibility index (Phi) is 4.63. The number of aryl methyl sites for hydroxylation is 2. The van der Waals surface area contributed by atoms with E-state index in [4.69, 9.17) is 0 Å². The number of nitrogens with zero attached hydrogens (tertiary/aromatic N) is 1. The van der Waals surface area contributed by atoms with Gasteiger partial charge in [-0.05, 0) is 20.9 Å². The van der Waals surface area contributed by atoms with Gasteiger partial charge >= 0.3 is 0 Å². The summed E-state index contributed by atoms with van der Waals surface area (Å²) in [5.41, 5.74) is 3.65. The lowest BCUT2D eigenvalue weighted by atomic mass is 9.83. The maximum absolute atomic E-state index is 12.9.